The standard InChI is InChI=1S/C21H15NOS/c23-20-15-10-4-5-11-16(15)21(19(20)14-8-2-1-3-9-14)22-17-12-6-7-13-18(17)24-21/h1-13,19,22H. The van der Waals surface area contributed by atoms with Crippen molar-refractivity contribution in [1.29, 1.82) is 0 Å². The molecule has 1 spiro atoms. The highest BCUT2D eigenvalue weighted by Crippen LogP contribution is 2.62. The van der Waals surface area contributed by atoms with Crippen LogP contribution in [0.3, 0.4) is 0 Å². The van der Waals surface area contributed by atoms with Crippen LogP contribution in [-0.4, -0.2) is 5.78 Å². The van der Waals surface area contributed by atoms with Gasteiger partial charge in [0.2, 0.25) is 0 Å². The third kappa shape index (κ3) is 1.76. The molecule has 2 aliphatic rings. The number of fused-ring (bicyclic) bond motifs is 3. The van der Waals surface area contributed by atoms with Crippen LogP contribution in [0.1, 0.15) is 27.4 Å². The zero-order valence-electron chi connectivity index (χ0n) is 12.9. The Morgan fingerprint density at radius 3 is 2.38 bits per heavy atom. The summed E-state index contributed by atoms with van der Waals surface area (Å²) in [6.07, 6.45) is 0. The van der Waals surface area contributed by atoms with Crippen molar-refractivity contribution in [1.82, 2.24) is 0 Å². The highest BCUT2D eigenvalue weighted by Gasteiger charge is 2.56. The second kappa shape index (κ2) is 4.99. The third-order valence-electron chi connectivity index (χ3n) is 4.87. The number of ketones is 1. The first-order valence-corrected chi connectivity index (χ1v) is 8.86. The van der Waals surface area contributed by atoms with Gasteiger partial charge in [-0.15, -0.1) is 0 Å². The molecule has 0 fully saturated rings. The van der Waals surface area contributed by atoms with Crippen molar-refractivity contribution in [2.24, 2.45) is 0 Å². The van der Waals surface area contributed by atoms with Gasteiger partial charge >= 0.3 is 0 Å². The van der Waals surface area contributed by atoms with Gasteiger partial charge in [-0.2, -0.15) is 0 Å². The summed E-state index contributed by atoms with van der Waals surface area (Å²) in [5.74, 6) is -0.0295. The fourth-order valence-corrected chi connectivity index (χ4v) is 5.39. The van der Waals surface area contributed by atoms with E-state index in [-0.39, 0.29) is 11.7 Å². The van der Waals surface area contributed by atoms with Crippen molar-refractivity contribution in [3.63, 3.8) is 0 Å². The minimum Gasteiger partial charge on any atom is -0.365 e. The third-order valence-corrected chi connectivity index (χ3v) is 6.33. The van der Waals surface area contributed by atoms with Gasteiger partial charge in [0, 0.05) is 16.1 Å². The number of anilines is 1. The van der Waals surface area contributed by atoms with E-state index in [0.717, 1.165) is 22.4 Å². The predicted molar refractivity (Wildman–Crippen MR) is 97.6 cm³/mol. The maximum atomic E-state index is 13.3. The summed E-state index contributed by atoms with van der Waals surface area (Å²) in [6.45, 7) is 0. The van der Waals surface area contributed by atoms with Crippen LogP contribution in [-0.2, 0) is 4.87 Å². The van der Waals surface area contributed by atoms with E-state index < -0.39 is 4.87 Å². The van der Waals surface area contributed by atoms with E-state index in [1.54, 1.807) is 11.8 Å². The van der Waals surface area contributed by atoms with Gasteiger partial charge < -0.3 is 5.32 Å². The fourth-order valence-electron chi connectivity index (χ4n) is 3.86. The highest BCUT2D eigenvalue weighted by atomic mass is 32.2. The number of hydrogen-bond acceptors (Lipinski definition) is 3. The molecule has 0 saturated heterocycles. The van der Waals surface area contributed by atoms with Gasteiger partial charge in [-0.05, 0) is 23.3 Å². The van der Waals surface area contributed by atoms with Gasteiger partial charge in [-0.1, -0.05) is 78.5 Å². The van der Waals surface area contributed by atoms with Crippen molar-refractivity contribution in [3.8, 4) is 0 Å². The maximum absolute atomic E-state index is 13.3. The monoisotopic (exact) mass is 329 g/mol. The van der Waals surface area contributed by atoms with Crippen molar-refractivity contribution in [2.75, 3.05) is 5.32 Å². The number of carbonyl (C=O) groups is 1. The van der Waals surface area contributed by atoms with Crippen LogP contribution in [0, 0.1) is 0 Å². The van der Waals surface area contributed by atoms with Crippen LogP contribution in [0.15, 0.2) is 83.8 Å². The van der Waals surface area contributed by atoms with Crippen LogP contribution in [0.2, 0.25) is 0 Å². The normalized spacial score (nSPS) is 23.8. The maximum Gasteiger partial charge on any atom is 0.174 e. The number of rotatable bonds is 1. The lowest BCUT2D eigenvalue weighted by Crippen LogP contribution is -2.33. The molecule has 0 bridgehead atoms. The summed E-state index contributed by atoms with van der Waals surface area (Å²) in [5, 5.41) is 3.69. The average molecular weight is 329 g/mol. The quantitative estimate of drug-likeness (QED) is 0.678. The van der Waals surface area contributed by atoms with E-state index in [1.807, 2.05) is 48.5 Å². The molecule has 2 nitrogen and oxygen atoms in total. The molecular weight excluding hydrogens is 314 g/mol. The number of nitrogens with one attached hydrogen (secondary N) is 1. The first-order chi connectivity index (χ1) is 11.8. The molecule has 3 aromatic carbocycles. The van der Waals surface area contributed by atoms with Crippen LogP contribution >= 0.6 is 11.8 Å². The number of Topliss-reactive ketones (excluding diaryl/α,β-unsaturated/α-hetero) is 1. The molecule has 0 aromatic heterocycles. The van der Waals surface area contributed by atoms with Crippen molar-refractivity contribution < 1.29 is 4.79 Å². The molecule has 0 amide bonds. The van der Waals surface area contributed by atoms with Crippen LogP contribution in [0.25, 0.3) is 0 Å². The second-order valence-corrected chi connectivity index (χ2v) is 7.50. The zero-order chi connectivity index (χ0) is 16.1. The summed E-state index contributed by atoms with van der Waals surface area (Å²) in [6, 6.07) is 26.4. The molecule has 116 valence electrons. The molecule has 5 rings (SSSR count). The lowest BCUT2D eigenvalue weighted by Gasteiger charge is -2.31. The Morgan fingerprint density at radius 2 is 1.54 bits per heavy atom. The summed E-state index contributed by atoms with van der Waals surface area (Å²) < 4.78 is 0. The number of carbonyl (C=O) groups excluding carboxylic acids is 1. The minimum absolute atomic E-state index is 0.199. The summed E-state index contributed by atoms with van der Waals surface area (Å²) in [4.78, 5) is 14.0. The summed E-state index contributed by atoms with van der Waals surface area (Å²) in [7, 11) is 0. The Bertz CT molecular complexity index is 926. The Kier molecular flexibility index (Phi) is 2.88. The molecule has 3 aromatic rings. The van der Waals surface area contributed by atoms with Gasteiger partial charge in [0.1, 0.15) is 4.87 Å². The topological polar surface area (TPSA) is 29.1 Å². The van der Waals surface area contributed by atoms with Crippen molar-refractivity contribution in [2.45, 2.75) is 15.7 Å². The van der Waals surface area contributed by atoms with Gasteiger partial charge in [0.15, 0.2) is 5.78 Å². The minimum atomic E-state index is -0.460. The SMILES string of the molecule is O=C1c2ccccc2C2(Nc3ccccc3S2)C1c1ccccc1. The molecule has 1 aliphatic carbocycles. The Hall–Kier alpha value is -2.52. The second-order valence-electron chi connectivity index (χ2n) is 6.21. The first-order valence-electron chi connectivity index (χ1n) is 8.04. The fraction of sp³-hybridized carbons (Fsp3) is 0.0952. The van der Waals surface area contributed by atoms with Crippen LogP contribution in [0.5, 0.6) is 0 Å². The summed E-state index contributed by atoms with van der Waals surface area (Å²) in [5.41, 5.74) is 4.09. The number of para-hydroxylation sites is 1. The number of thioether (sulfide) groups is 1. The molecule has 0 saturated carbocycles. The van der Waals surface area contributed by atoms with E-state index in [9.17, 15) is 4.79 Å². The van der Waals surface area contributed by atoms with E-state index in [0.29, 0.717) is 0 Å². The molecular formula is C21H15NOS. The molecule has 24 heavy (non-hydrogen) atoms. The zero-order valence-corrected chi connectivity index (χ0v) is 13.7. The Balaban J connectivity index is 1.75. The highest BCUT2D eigenvalue weighted by molar-refractivity contribution is 8.01. The smallest absolute Gasteiger partial charge is 0.174 e. The first kappa shape index (κ1) is 13.9. The van der Waals surface area contributed by atoms with E-state index >= 15 is 0 Å². The molecule has 1 N–H and O–H groups in total. The molecule has 1 heterocycles. The van der Waals surface area contributed by atoms with Crippen LogP contribution < -0.4 is 5.32 Å². The van der Waals surface area contributed by atoms with Gasteiger partial charge in [-0.25, -0.2) is 0 Å². The van der Waals surface area contributed by atoms with E-state index in [2.05, 4.69) is 35.6 Å². The lowest BCUT2D eigenvalue weighted by molar-refractivity contribution is 0.0963. The van der Waals surface area contributed by atoms with Gasteiger partial charge in [0.05, 0.1) is 5.92 Å². The Morgan fingerprint density at radius 1 is 0.833 bits per heavy atom. The molecule has 2 atom stereocenters. The molecule has 2 unspecified atom stereocenters. The van der Waals surface area contributed by atoms with Crippen LogP contribution in [0.4, 0.5) is 5.69 Å². The lowest BCUT2D eigenvalue weighted by atomic mass is 9.90. The predicted octanol–water partition coefficient (Wildman–Crippen LogP) is 5.04. The number of hydrogen-bond donors (Lipinski definition) is 1. The largest absolute Gasteiger partial charge is 0.365 e. The molecule has 0 radical (unpaired) electrons. The molecule has 3 heteroatoms. The van der Waals surface area contributed by atoms with Gasteiger partial charge in [-0.3, -0.25) is 4.79 Å². The van der Waals surface area contributed by atoms with Crippen molar-refractivity contribution >= 4 is 23.2 Å². The summed E-state index contributed by atoms with van der Waals surface area (Å²) >= 11 is 1.76. The average Bonchev–Trinajstić information content (AvgIpc) is 3.12. The van der Waals surface area contributed by atoms with Crippen molar-refractivity contribution in [3.05, 3.63) is 95.6 Å². The van der Waals surface area contributed by atoms with E-state index in [4.69, 9.17) is 0 Å². The Labute approximate surface area is 144 Å². The molecule has 1 aliphatic heterocycles. The number of benzene rings is 3. The van der Waals surface area contributed by atoms with Gasteiger partial charge in [0.25, 0.3) is 0 Å². The van der Waals surface area contributed by atoms with E-state index in [1.165, 1.54) is 4.90 Å².